The molecule has 1 rings (SSSR count). The van der Waals surface area contributed by atoms with Gasteiger partial charge in [-0.2, -0.15) is 0 Å². The Morgan fingerprint density at radius 1 is 1.27 bits per heavy atom. The van der Waals surface area contributed by atoms with E-state index >= 15 is 0 Å². The van der Waals surface area contributed by atoms with Crippen LogP contribution >= 0.6 is 12.2 Å². The lowest BCUT2D eigenvalue weighted by molar-refractivity contribution is 0.416. The van der Waals surface area contributed by atoms with Crippen LogP contribution in [0, 0.1) is 6.92 Å². The zero-order chi connectivity index (χ0) is 8.27. The lowest BCUT2D eigenvalue weighted by Gasteiger charge is -2.01. The third-order valence-electron chi connectivity index (χ3n) is 1.47. The Morgan fingerprint density at radius 2 is 1.82 bits per heavy atom. The minimum atomic E-state index is 0.546. The fourth-order valence-corrected chi connectivity index (χ4v) is 0.944. The van der Waals surface area contributed by atoms with Crippen molar-refractivity contribution < 1.29 is 4.74 Å². The number of rotatable bonds is 1. The molecule has 1 nitrogen and oxygen atoms in total. The normalized spacial score (nSPS) is 9.27. The zero-order valence-corrected chi connectivity index (χ0v) is 7.44. The SMILES string of the molecule is COC(=S)c1ccc(C)cc1. The average molecular weight is 166 g/mol. The number of ether oxygens (including phenoxy) is 1. The fourth-order valence-electron chi connectivity index (χ4n) is 0.807. The van der Waals surface area contributed by atoms with E-state index in [4.69, 9.17) is 17.0 Å². The fraction of sp³-hybridized carbons (Fsp3) is 0.222. The van der Waals surface area contributed by atoms with Gasteiger partial charge >= 0.3 is 0 Å². The first-order valence-corrected chi connectivity index (χ1v) is 3.80. The Hall–Kier alpha value is -0.890. The monoisotopic (exact) mass is 166 g/mol. The first-order chi connectivity index (χ1) is 5.24. The Labute approximate surface area is 72.0 Å². The van der Waals surface area contributed by atoms with Crippen LogP contribution in [0.2, 0.25) is 0 Å². The van der Waals surface area contributed by atoms with Gasteiger partial charge in [-0.05, 0) is 19.1 Å². The molecule has 0 saturated heterocycles. The molecule has 0 aliphatic heterocycles. The topological polar surface area (TPSA) is 9.23 Å². The summed E-state index contributed by atoms with van der Waals surface area (Å²) in [4.78, 5) is 0. The van der Waals surface area contributed by atoms with Gasteiger partial charge in [0.05, 0.1) is 7.11 Å². The predicted molar refractivity (Wildman–Crippen MR) is 49.9 cm³/mol. The molecule has 0 aliphatic carbocycles. The van der Waals surface area contributed by atoms with Gasteiger partial charge in [-0.1, -0.05) is 29.8 Å². The van der Waals surface area contributed by atoms with Crippen LogP contribution in [0.1, 0.15) is 11.1 Å². The molecule has 2 heteroatoms. The van der Waals surface area contributed by atoms with Crippen LogP contribution in [0.25, 0.3) is 0 Å². The van der Waals surface area contributed by atoms with Crippen LogP contribution in [0.15, 0.2) is 24.3 Å². The first-order valence-electron chi connectivity index (χ1n) is 3.39. The summed E-state index contributed by atoms with van der Waals surface area (Å²) in [5, 5.41) is 0.546. The second kappa shape index (κ2) is 3.49. The molecule has 0 radical (unpaired) electrons. The Balaban J connectivity index is 2.90. The van der Waals surface area contributed by atoms with Gasteiger partial charge in [0.2, 0.25) is 0 Å². The van der Waals surface area contributed by atoms with Gasteiger partial charge in [-0.3, -0.25) is 0 Å². The van der Waals surface area contributed by atoms with Crippen LogP contribution in [0.3, 0.4) is 0 Å². The number of hydrogen-bond donors (Lipinski definition) is 0. The lowest BCUT2D eigenvalue weighted by Crippen LogP contribution is -1.98. The quantitative estimate of drug-likeness (QED) is 0.592. The highest BCUT2D eigenvalue weighted by atomic mass is 32.1. The summed E-state index contributed by atoms with van der Waals surface area (Å²) in [7, 11) is 1.59. The zero-order valence-electron chi connectivity index (χ0n) is 6.63. The summed E-state index contributed by atoms with van der Waals surface area (Å²) in [6, 6.07) is 7.95. The minimum absolute atomic E-state index is 0.546. The molecule has 0 aromatic heterocycles. The number of hydrogen-bond acceptors (Lipinski definition) is 2. The number of methoxy groups -OCH3 is 1. The molecule has 1 aromatic rings. The number of benzene rings is 1. The van der Waals surface area contributed by atoms with Gasteiger partial charge < -0.3 is 4.74 Å². The molecule has 0 atom stereocenters. The van der Waals surface area contributed by atoms with E-state index in [0.29, 0.717) is 5.05 Å². The smallest absolute Gasteiger partial charge is 0.190 e. The highest BCUT2D eigenvalue weighted by Crippen LogP contribution is 2.04. The molecule has 0 spiro atoms. The number of thiocarbonyl (C=S) groups is 1. The molecule has 0 fully saturated rings. The maximum atomic E-state index is 4.94. The molecular weight excluding hydrogens is 156 g/mol. The van der Waals surface area contributed by atoms with Crippen molar-refractivity contribution in [1.82, 2.24) is 0 Å². The molecule has 11 heavy (non-hydrogen) atoms. The lowest BCUT2D eigenvalue weighted by atomic mass is 10.2. The Kier molecular flexibility index (Phi) is 2.60. The van der Waals surface area contributed by atoms with Gasteiger partial charge in [0.25, 0.3) is 0 Å². The molecule has 0 heterocycles. The minimum Gasteiger partial charge on any atom is -0.486 e. The van der Waals surface area contributed by atoms with Crippen molar-refractivity contribution in [3.63, 3.8) is 0 Å². The van der Waals surface area contributed by atoms with E-state index in [1.165, 1.54) is 5.56 Å². The summed E-state index contributed by atoms with van der Waals surface area (Å²) in [5.74, 6) is 0. The van der Waals surface area contributed by atoms with Gasteiger partial charge in [-0.25, -0.2) is 0 Å². The van der Waals surface area contributed by atoms with E-state index in [-0.39, 0.29) is 0 Å². The van der Waals surface area contributed by atoms with E-state index in [2.05, 4.69) is 0 Å². The van der Waals surface area contributed by atoms with Gasteiger partial charge in [0, 0.05) is 5.56 Å². The van der Waals surface area contributed by atoms with E-state index in [0.717, 1.165) is 5.56 Å². The third kappa shape index (κ3) is 2.02. The van der Waals surface area contributed by atoms with Crippen molar-refractivity contribution in [3.8, 4) is 0 Å². The van der Waals surface area contributed by atoms with Crippen LogP contribution < -0.4 is 0 Å². The summed E-state index contributed by atoms with van der Waals surface area (Å²) in [6.07, 6.45) is 0. The second-order valence-electron chi connectivity index (χ2n) is 2.36. The van der Waals surface area contributed by atoms with Gasteiger partial charge in [0.1, 0.15) is 0 Å². The Morgan fingerprint density at radius 3 is 2.27 bits per heavy atom. The summed E-state index contributed by atoms with van der Waals surface area (Å²) >= 11 is 4.94. The maximum Gasteiger partial charge on any atom is 0.190 e. The molecule has 0 aliphatic rings. The third-order valence-corrected chi connectivity index (χ3v) is 1.88. The molecule has 0 unspecified atom stereocenters. The standard InChI is InChI=1S/C9H10OS/c1-7-3-5-8(6-4-7)9(11)10-2/h3-6H,1-2H3. The van der Waals surface area contributed by atoms with Crippen molar-refractivity contribution in [1.29, 1.82) is 0 Å². The van der Waals surface area contributed by atoms with E-state index in [1.54, 1.807) is 7.11 Å². The van der Waals surface area contributed by atoms with Crippen LogP contribution in [-0.2, 0) is 4.74 Å². The van der Waals surface area contributed by atoms with Crippen molar-refractivity contribution in [3.05, 3.63) is 35.4 Å². The highest BCUT2D eigenvalue weighted by Gasteiger charge is 1.97. The van der Waals surface area contributed by atoms with Crippen molar-refractivity contribution in [2.75, 3.05) is 7.11 Å². The van der Waals surface area contributed by atoms with E-state index < -0.39 is 0 Å². The maximum absolute atomic E-state index is 4.94. The van der Waals surface area contributed by atoms with Crippen LogP contribution in [0.5, 0.6) is 0 Å². The Bertz CT molecular complexity index is 251. The van der Waals surface area contributed by atoms with Crippen LogP contribution in [0.4, 0.5) is 0 Å². The molecule has 0 amide bonds. The molecule has 1 aromatic carbocycles. The average Bonchev–Trinajstić information content (AvgIpc) is 2.05. The van der Waals surface area contributed by atoms with Crippen molar-refractivity contribution >= 4 is 17.3 Å². The molecule has 0 N–H and O–H groups in total. The van der Waals surface area contributed by atoms with Gasteiger partial charge in [-0.15, -0.1) is 0 Å². The largest absolute Gasteiger partial charge is 0.486 e. The highest BCUT2D eigenvalue weighted by molar-refractivity contribution is 7.80. The van der Waals surface area contributed by atoms with Crippen molar-refractivity contribution in [2.24, 2.45) is 0 Å². The molecular formula is C9H10OS. The number of aryl methyl sites for hydroxylation is 1. The van der Waals surface area contributed by atoms with Crippen molar-refractivity contribution in [2.45, 2.75) is 6.92 Å². The van der Waals surface area contributed by atoms with E-state index in [1.807, 2.05) is 31.2 Å². The van der Waals surface area contributed by atoms with Crippen LogP contribution in [-0.4, -0.2) is 12.2 Å². The van der Waals surface area contributed by atoms with Gasteiger partial charge in [0.15, 0.2) is 5.05 Å². The van der Waals surface area contributed by atoms with E-state index in [9.17, 15) is 0 Å². The molecule has 58 valence electrons. The summed E-state index contributed by atoms with van der Waals surface area (Å²) in [5.41, 5.74) is 2.20. The predicted octanol–water partition coefficient (Wildman–Crippen LogP) is 2.32. The second-order valence-corrected chi connectivity index (χ2v) is 2.73. The molecule has 0 saturated carbocycles. The molecule has 0 bridgehead atoms. The summed E-state index contributed by atoms with van der Waals surface area (Å²) in [6.45, 7) is 2.04. The summed E-state index contributed by atoms with van der Waals surface area (Å²) < 4.78 is 4.91. The first kappa shape index (κ1) is 8.21.